The standard InChI is InChI=1S/C27H35NO3/c1-4-5-7-13-26(14-10-19-31-22-25-11-8-6-9-12-25)28(23(2)21-29)20-24-15-17-27(30-3)18-16-24/h4-6,8-9,11-12,15-18,23,26,29H,7,13,19-22H2,1-3H3/b5-4-/t23-,26-/m0/s1. The van der Waals surface area contributed by atoms with Crippen molar-refractivity contribution in [1.82, 2.24) is 4.90 Å². The van der Waals surface area contributed by atoms with Gasteiger partial charge in [-0.15, -0.1) is 0 Å². The van der Waals surface area contributed by atoms with Crippen LogP contribution in [0.3, 0.4) is 0 Å². The van der Waals surface area contributed by atoms with Gasteiger partial charge in [0.1, 0.15) is 12.4 Å². The molecule has 166 valence electrons. The number of nitrogens with zero attached hydrogens (tertiary/aromatic N) is 1. The van der Waals surface area contributed by atoms with Crippen molar-refractivity contribution >= 4 is 0 Å². The molecule has 2 rings (SSSR count). The Hall–Kier alpha value is -2.58. The molecule has 0 unspecified atom stereocenters. The number of ether oxygens (including phenoxy) is 2. The number of hydrogen-bond acceptors (Lipinski definition) is 4. The van der Waals surface area contributed by atoms with E-state index in [1.54, 1.807) is 7.11 Å². The minimum absolute atomic E-state index is 0.00255. The van der Waals surface area contributed by atoms with E-state index in [0.717, 1.165) is 24.2 Å². The minimum atomic E-state index is -0.00255. The number of methoxy groups -OCH3 is 1. The Morgan fingerprint density at radius 2 is 1.81 bits per heavy atom. The van der Waals surface area contributed by atoms with Crippen molar-refractivity contribution in [1.29, 1.82) is 0 Å². The molecule has 1 N–H and O–H groups in total. The third-order valence-electron chi connectivity index (χ3n) is 5.15. The van der Waals surface area contributed by atoms with Gasteiger partial charge >= 0.3 is 0 Å². The van der Waals surface area contributed by atoms with Crippen LogP contribution in [-0.2, 0) is 17.9 Å². The van der Waals surface area contributed by atoms with Gasteiger partial charge in [-0.2, -0.15) is 0 Å². The maximum Gasteiger partial charge on any atom is 0.118 e. The largest absolute Gasteiger partial charge is 0.497 e. The Morgan fingerprint density at radius 1 is 1.06 bits per heavy atom. The van der Waals surface area contributed by atoms with Crippen LogP contribution in [0, 0.1) is 11.8 Å². The highest BCUT2D eigenvalue weighted by Crippen LogP contribution is 2.18. The predicted octanol–water partition coefficient (Wildman–Crippen LogP) is 4.82. The molecule has 2 aromatic carbocycles. The summed E-state index contributed by atoms with van der Waals surface area (Å²) < 4.78 is 11.0. The molecule has 2 atom stereocenters. The van der Waals surface area contributed by atoms with Crippen molar-refractivity contribution in [2.24, 2.45) is 0 Å². The second kappa shape index (κ2) is 14.4. The quantitative estimate of drug-likeness (QED) is 0.303. The van der Waals surface area contributed by atoms with Crippen LogP contribution in [-0.4, -0.2) is 42.4 Å². The highest BCUT2D eigenvalue weighted by atomic mass is 16.5. The Balaban J connectivity index is 2.07. The van der Waals surface area contributed by atoms with Crippen LogP contribution in [0.4, 0.5) is 0 Å². The van der Waals surface area contributed by atoms with E-state index in [2.05, 4.69) is 41.0 Å². The lowest BCUT2D eigenvalue weighted by Crippen LogP contribution is -2.42. The van der Waals surface area contributed by atoms with E-state index in [4.69, 9.17) is 9.47 Å². The smallest absolute Gasteiger partial charge is 0.118 e. The number of allylic oxidation sites excluding steroid dienone is 2. The Bertz CT molecular complexity index is 821. The van der Waals surface area contributed by atoms with Crippen molar-refractivity contribution < 1.29 is 14.6 Å². The highest BCUT2D eigenvalue weighted by Gasteiger charge is 2.21. The van der Waals surface area contributed by atoms with Crippen molar-refractivity contribution in [2.75, 3.05) is 20.3 Å². The Labute approximate surface area is 187 Å². The Morgan fingerprint density at radius 3 is 2.45 bits per heavy atom. The summed E-state index contributed by atoms with van der Waals surface area (Å²) in [5.74, 6) is 7.45. The molecule has 0 aliphatic carbocycles. The zero-order valence-electron chi connectivity index (χ0n) is 19.0. The first-order chi connectivity index (χ1) is 15.2. The molecule has 4 nitrogen and oxygen atoms in total. The normalized spacial score (nSPS) is 13.1. The molecular weight excluding hydrogens is 386 g/mol. The molecule has 0 bridgehead atoms. The summed E-state index contributed by atoms with van der Waals surface area (Å²) in [6.07, 6.45) is 6.07. The van der Waals surface area contributed by atoms with Gasteiger partial charge in [0.25, 0.3) is 0 Å². The summed E-state index contributed by atoms with van der Waals surface area (Å²) >= 11 is 0. The van der Waals surface area contributed by atoms with Crippen LogP contribution in [0.5, 0.6) is 5.75 Å². The van der Waals surface area contributed by atoms with E-state index in [1.807, 2.05) is 56.3 Å². The van der Waals surface area contributed by atoms with Crippen LogP contribution < -0.4 is 4.74 Å². The van der Waals surface area contributed by atoms with E-state index in [9.17, 15) is 5.11 Å². The van der Waals surface area contributed by atoms with Gasteiger partial charge in [-0.1, -0.05) is 66.5 Å². The average Bonchev–Trinajstić information content (AvgIpc) is 2.82. The third-order valence-corrected chi connectivity index (χ3v) is 5.15. The summed E-state index contributed by atoms with van der Waals surface area (Å²) in [6.45, 7) is 5.82. The lowest BCUT2D eigenvalue weighted by atomic mass is 10.1. The number of benzene rings is 2. The Kier molecular flexibility index (Phi) is 11.5. The molecule has 0 spiro atoms. The van der Waals surface area contributed by atoms with Crippen LogP contribution >= 0.6 is 0 Å². The van der Waals surface area contributed by atoms with E-state index < -0.39 is 0 Å². The van der Waals surface area contributed by atoms with Crippen LogP contribution in [0.1, 0.15) is 37.8 Å². The molecule has 0 saturated heterocycles. The topological polar surface area (TPSA) is 41.9 Å². The summed E-state index contributed by atoms with van der Waals surface area (Å²) in [5, 5.41) is 9.87. The summed E-state index contributed by atoms with van der Waals surface area (Å²) in [7, 11) is 1.67. The third kappa shape index (κ3) is 8.98. The maximum atomic E-state index is 9.87. The van der Waals surface area contributed by atoms with Crippen molar-refractivity contribution in [3.05, 3.63) is 77.9 Å². The molecule has 2 aromatic rings. The van der Waals surface area contributed by atoms with Crippen LogP contribution in [0.2, 0.25) is 0 Å². The molecule has 0 heterocycles. The molecule has 0 fully saturated rings. The van der Waals surface area contributed by atoms with E-state index >= 15 is 0 Å². The first kappa shape index (κ1) is 24.7. The van der Waals surface area contributed by atoms with Gasteiger partial charge < -0.3 is 14.6 Å². The van der Waals surface area contributed by atoms with Crippen molar-refractivity contribution in [3.63, 3.8) is 0 Å². The first-order valence-corrected chi connectivity index (χ1v) is 10.9. The fourth-order valence-corrected chi connectivity index (χ4v) is 3.32. The van der Waals surface area contributed by atoms with Crippen molar-refractivity contribution in [2.45, 2.75) is 51.9 Å². The van der Waals surface area contributed by atoms with Crippen LogP contribution in [0.15, 0.2) is 66.7 Å². The van der Waals surface area contributed by atoms with Gasteiger partial charge in [0, 0.05) is 12.6 Å². The van der Waals surface area contributed by atoms with Gasteiger partial charge in [-0.25, -0.2) is 0 Å². The molecule has 4 heteroatoms. The lowest BCUT2D eigenvalue weighted by Gasteiger charge is -2.33. The number of hydrogen-bond donors (Lipinski definition) is 1. The minimum Gasteiger partial charge on any atom is -0.497 e. The molecule has 0 aliphatic heterocycles. The zero-order chi connectivity index (χ0) is 22.3. The second-order valence-electron chi connectivity index (χ2n) is 7.51. The van der Waals surface area contributed by atoms with Gasteiger partial charge in [-0.3, -0.25) is 4.90 Å². The number of aliphatic hydroxyl groups is 1. The zero-order valence-corrected chi connectivity index (χ0v) is 19.0. The van der Waals surface area contributed by atoms with E-state index in [1.165, 1.54) is 5.56 Å². The predicted molar refractivity (Wildman–Crippen MR) is 127 cm³/mol. The molecule has 0 saturated carbocycles. The summed E-state index contributed by atoms with van der Waals surface area (Å²) in [6, 6.07) is 18.2. The molecule has 31 heavy (non-hydrogen) atoms. The van der Waals surface area contributed by atoms with Gasteiger partial charge in [0.2, 0.25) is 0 Å². The van der Waals surface area contributed by atoms with Crippen molar-refractivity contribution in [3.8, 4) is 17.6 Å². The average molecular weight is 422 g/mol. The maximum absolute atomic E-state index is 9.87. The number of aliphatic hydroxyl groups excluding tert-OH is 1. The highest BCUT2D eigenvalue weighted by molar-refractivity contribution is 5.27. The molecule has 0 radical (unpaired) electrons. The summed E-state index contributed by atoms with van der Waals surface area (Å²) in [4.78, 5) is 2.27. The summed E-state index contributed by atoms with van der Waals surface area (Å²) in [5.41, 5.74) is 2.31. The lowest BCUT2D eigenvalue weighted by molar-refractivity contribution is 0.103. The molecular formula is C27H35NO3. The molecule has 0 aromatic heterocycles. The van der Waals surface area contributed by atoms with Gasteiger partial charge in [-0.05, 0) is 49.9 Å². The van der Waals surface area contributed by atoms with Gasteiger partial charge in [0.15, 0.2) is 0 Å². The fourth-order valence-electron chi connectivity index (χ4n) is 3.32. The van der Waals surface area contributed by atoms with Gasteiger partial charge in [0.05, 0.1) is 26.4 Å². The second-order valence-corrected chi connectivity index (χ2v) is 7.51. The van der Waals surface area contributed by atoms with E-state index in [0.29, 0.717) is 19.8 Å². The fraction of sp³-hybridized carbons (Fsp3) is 0.407. The van der Waals surface area contributed by atoms with Crippen LogP contribution in [0.25, 0.3) is 0 Å². The molecule has 0 amide bonds. The molecule has 0 aliphatic rings. The first-order valence-electron chi connectivity index (χ1n) is 10.9. The SMILES string of the molecule is C/C=C\CC[C@@H](C#CCOCc1ccccc1)N(Cc1ccc(OC)cc1)[C@@H](C)CO. The monoisotopic (exact) mass is 421 g/mol. The number of rotatable bonds is 12. The van der Waals surface area contributed by atoms with E-state index in [-0.39, 0.29) is 18.7 Å².